The van der Waals surface area contributed by atoms with Crippen molar-refractivity contribution in [1.29, 1.82) is 0 Å². The van der Waals surface area contributed by atoms with Crippen molar-refractivity contribution < 1.29 is 0 Å². The Morgan fingerprint density at radius 1 is 0.500 bits per heavy atom. The molecule has 0 aromatic heterocycles. The number of nitrogens with two attached hydrogens (primary N) is 2. The van der Waals surface area contributed by atoms with Crippen LogP contribution in [0.1, 0.15) is 25.7 Å². The first-order valence-electron chi connectivity index (χ1n) is 5.73. The van der Waals surface area contributed by atoms with E-state index in [1.807, 2.05) is 0 Å². The summed E-state index contributed by atoms with van der Waals surface area (Å²) in [5.74, 6) is 0. The molecule has 0 spiro atoms. The van der Waals surface area contributed by atoms with Gasteiger partial charge in [-0.05, 0) is 25.9 Å². The maximum Gasteiger partial charge on any atom is 0.00745 e. The minimum Gasteiger partial charge on any atom is -0.329 e. The number of hydrogen-bond acceptors (Lipinski definition) is 4. The van der Waals surface area contributed by atoms with Gasteiger partial charge in [0.25, 0.3) is 0 Å². The summed E-state index contributed by atoms with van der Waals surface area (Å²) in [6.45, 7) is 5.57. The van der Waals surface area contributed by atoms with E-state index in [0.717, 1.165) is 39.3 Å². The van der Waals surface area contributed by atoms with Gasteiger partial charge in [0.15, 0.2) is 0 Å². The van der Waals surface area contributed by atoms with Crippen molar-refractivity contribution in [2.75, 3.05) is 39.3 Å². The van der Waals surface area contributed by atoms with Crippen LogP contribution in [-0.2, 0) is 0 Å². The van der Waals surface area contributed by atoms with E-state index in [-0.39, 0.29) is 49.6 Å². The topological polar surface area (TPSA) is 76.1 Å². The van der Waals surface area contributed by atoms with Crippen LogP contribution in [0.15, 0.2) is 0 Å². The second-order valence-corrected chi connectivity index (χ2v) is 3.49. The fourth-order valence-electron chi connectivity index (χ4n) is 1.31. The van der Waals surface area contributed by atoms with Crippen LogP contribution in [0.25, 0.3) is 0 Å². The van der Waals surface area contributed by atoms with E-state index in [9.17, 15) is 0 Å². The average Bonchev–Trinajstić information content (AvgIpc) is 2.21. The van der Waals surface area contributed by atoms with Gasteiger partial charge >= 0.3 is 0 Å². The third kappa shape index (κ3) is 30.2. The fourth-order valence-corrected chi connectivity index (χ4v) is 1.31. The average molecular weight is 348 g/mol. The molecular weight excluding hydrogens is 318 g/mol. The predicted molar refractivity (Wildman–Crippen MR) is 91.3 cm³/mol. The molecule has 0 atom stereocenters. The SMILES string of the molecule is Cl.Cl.Cl.Cl.NCCNCCCCCCNCCN. The molecule has 0 bridgehead atoms. The van der Waals surface area contributed by atoms with Crippen molar-refractivity contribution in [1.82, 2.24) is 10.6 Å². The molecule has 0 aliphatic rings. The van der Waals surface area contributed by atoms with Crippen LogP contribution in [0.5, 0.6) is 0 Å². The van der Waals surface area contributed by atoms with E-state index in [0.29, 0.717) is 0 Å². The molecule has 8 heteroatoms. The Morgan fingerprint density at radius 2 is 0.833 bits per heavy atom. The Labute approximate surface area is 136 Å². The summed E-state index contributed by atoms with van der Waals surface area (Å²) in [4.78, 5) is 0. The van der Waals surface area contributed by atoms with Gasteiger partial charge in [0, 0.05) is 26.2 Å². The first-order valence-corrected chi connectivity index (χ1v) is 5.73. The molecule has 0 heterocycles. The summed E-state index contributed by atoms with van der Waals surface area (Å²) in [7, 11) is 0. The summed E-state index contributed by atoms with van der Waals surface area (Å²) in [6.07, 6.45) is 5.14. The maximum absolute atomic E-state index is 5.36. The number of halogens is 4. The van der Waals surface area contributed by atoms with Gasteiger partial charge in [-0.25, -0.2) is 0 Å². The van der Waals surface area contributed by atoms with Crippen molar-refractivity contribution in [2.24, 2.45) is 11.5 Å². The first-order chi connectivity index (χ1) is 6.91. The third-order valence-electron chi connectivity index (χ3n) is 2.10. The van der Waals surface area contributed by atoms with Crippen LogP contribution in [0.3, 0.4) is 0 Å². The van der Waals surface area contributed by atoms with Gasteiger partial charge in [0.1, 0.15) is 0 Å². The zero-order chi connectivity index (χ0) is 10.5. The second-order valence-electron chi connectivity index (χ2n) is 3.49. The second kappa shape index (κ2) is 30.8. The molecule has 0 aromatic rings. The first kappa shape index (κ1) is 31.4. The van der Waals surface area contributed by atoms with Crippen LogP contribution >= 0.6 is 49.6 Å². The van der Waals surface area contributed by atoms with Gasteiger partial charge < -0.3 is 22.1 Å². The van der Waals surface area contributed by atoms with Crippen LogP contribution < -0.4 is 22.1 Å². The number of nitrogens with one attached hydrogen (secondary N) is 2. The monoisotopic (exact) mass is 346 g/mol. The molecule has 0 fully saturated rings. The Kier molecular flexibility index (Phi) is 53.7. The molecule has 0 aromatic carbocycles. The molecule has 0 unspecified atom stereocenters. The van der Waals surface area contributed by atoms with Gasteiger partial charge in [-0.1, -0.05) is 12.8 Å². The van der Waals surface area contributed by atoms with Crippen LogP contribution in [0, 0.1) is 0 Å². The maximum atomic E-state index is 5.36. The molecule has 4 nitrogen and oxygen atoms in total. The van der Waals surface area contributed by atoms with E-state index in [1.165, 1.54) is 25.7 Å². The quantitative estimate of drug-likeness (QED) is 0.425. The summed E-state index contributed by atoms with van der Waals surface area (Å²) < 4.78 is 0. The van der Waals surface area contributed by atoms with Crippen LogP contribution in [-0.4, -0.2) is 39.3 Å². The largest absolute Gasteiger partial charge is 0.329 e. The highest BCUT2D eigenvalue weighted by molar-refractivity contribution is 5.86. The Bertz CT molecular complexity index is 99.9. The van der Waals surface area contributed by atoms with Crippen molar-refractivity contribution in [3.8, 4) is 0 Å². The molecule has 118 valence electrons. The lowest BCUT2D eigenvalue weighted by Crippen LogP contribution is -2.24. The molecule has 0 radical (unpaired) electrons. The summed E-state index contributed by atoms with van der Waals surface area (Å²) in [5.41, 5.74) is 10.7. The van der Waals surface area contributed by atoms with E-state index in [2.05, 4.69) is 10.6 Å². The molecule has 0 saturated carbocycles. The lowest BCUT2D eigenvalue weighted by atomic mass is 10.2. The summed E-state index contributed by atoms with van der Waals surface area (Å²) in [5, 5.41) is 6.58. The van der Waals surface area contributed by atoms with Gasteiger partial charge in [-0.3, -0.25) is 0 Å². The van der Waals surface area contributed by atoms with Gasteiger partial charge in [0.05, 0.1) is 0 Å². The van der Waals surface area contributed by atoms with E-state index in [4.69, 9.17) is 11.5 Å². The molecule has 0 aliphatic heterocycles. The van der Waals surface area contributed by atoms with Gasteiger partial charge in [0.2, 0.25) is 0 Å². The number of rotatable bonds is 11. The van der Waals surface area contributed by atoms with Gasteiger partial charge in [-0.15, -0.1) is 49.6 Å². The Morgan fingerprint density at radius 3 is 1.11 bits per heavy atom. The number of hydrogen-bond donors (Lipinski definition) is 4. The predicted octanol–water partition coefficient (Wildman–Crippen LogP) is 1.33. The lowest BCUT2D eigenvalue weighted by Gasteiger charge is -2.04. The van der Waals surface area contributed by atoms with Crippen LogP contribution in [0.4, 0.5) is 0 Å². The molecule has 0 rings (SSSR count). The van der Waals surface area contributed by atoms with Crippen molar-refractivity contribution in [3.63, 3.8) is 0 Å². The molecular formula is C10H30Cl4N4. The Balaban J connectivity index is -0.000000141. The molecule has 0 aliphatic carbocycles. The Hall–Kier alpha value is 1.000. The molecule has 18 heavy (non-hydrogen) atoms. The van der Waals surface area contributed by atoms with E-state index < -0.39 is 0 Å². The summed E-state index contributed by atoms with van der Waals surface area (Å²) >= 11 is 0. The molecule has 0 amide bonds. The van der Waals surface area contributed by atoms with Crippen LogP contribution in [0.2, 0.25) is 0 Å². The normalized spacial score (nSPS) is 8.33. The fraction of sp³-hybridized carbons (Fsp3) is 1.00. The highest BCUT2D eigenvalue weighted by Crippen LogP contribution is 1.97. The standard InChI is InChI=1S/C10H26N4.4ClH/c11-5-9-13-7-3-1-2-4-8-14-10-6-12;;;;/h13-14H,1-12H2;4*1H. The van der Waals surface area contributed by atoms with Crippen molar-refractivity contribution >= 4 is 49.6 Å². The highest BCUT2D eigenvalue weighted by Gasteiger charge is 1.90. The van der Waals surface area contributed by atoms with E-state index >= 15 is 0 Å². The van der Waals surface area contributed by atoms with Crippen molar-refractivity contribution in [2.45, 2.75) is 25.7 Å². The lowest BCUT2D eigenvalue weighted by molar-refractivity contribution is 0.567. The number of unbranched alkanes of at least 4 members (excludes halogenated alkanes) is 3. The minimum absolute atomic E-state index is 0. The zero-order valence-corrected chi connectivity index (χ0v) is 14.1. The summed E-state index contributed by atoms with van der Waals surface area (Å²) in [6, 6.07) is 0. The van der Waals surface area contributed by atoms with E-state index in [1.54, 1.807) is 0 Å². The molecule has 6 N–H and O–H groups in total. The minimum atomic E-state index is 0. The van der Waals surface area contributed by atoms with Gasteiger partial charge in [-0.2, -0.15) is 0 Å². The smallest absolute Gasteiger partial charge is 0.00745 e. The highest BCUT2D eigenvalue weighted by atomic mass is 35.5. The third-order valence-corrected chi connectivity index (χ3v) is 2.10. The zero-order valence-electron chi connectivity index (χ0n) is 10.9. The molecule has 0 saturated heterocycles. The van der Waals surface area contributed by atoms with Crippen molar-refractivity contribution in [3.05, 3.63) is 0 Å².